The summed E-state index contributed by atoms with van der Waals surface area (Å²) in [7, 11) is 3.25. The third-order valence-corrected chi connectivity index (χ3v) is 5.84. The lowest BCUT2D eigenvalue weighted by atomic mass is 9.85. The molecule has 5 heteroatoms. The fourth-order valence-electron chi connectivity index (χ4n) is 4.23. The van der Waals surface area contributed by atoms with Crippen LogP contribution in [0.25, 0.3) is 5.57 Å². The van der Waals surface area contributed by atoms with Crippen LogP contribution in [0.2, 0.25) is 0 Å². The Hall–Kier alpha value is -2.63. The molecule has 0 bridgehead atoms. The van der Waals surface area contributed by atoms with Gasteiger partial charge in [0.05, 0.1) is 5.41 Å². The molecule has 2 aliphatic heterocycles. The van der Waals surface area contributed by atoms with Gasteiger partial charge in [-0.2, -0.15) is 0 Å². The van der Waals surface area contributed by atoms with Crippen molar-refractivity contribution in [2.75, 3.05) is 33.9 Å². The van der Waals surface area contributed by atoms with E-state index in [-0.39, 0.29) is 0 Å². The Kier molecular flexibility index (Phi) is 7.52. The van der Waals surface area contributed by atoms with Crippen molar-refractivity contribution < 1.29 is 19.4 Å². The Morgan fingerprint density at radius 3 is 2.26 bits per heavy atom. The zero-order valence-electron chi connectivity index (χ0n) is 19.0. The number of ether oxygens (including phenoxy) is 2. The number of carboxylic acids is 1. The second kappa shape index (κ2) is 10.1. The number of benzene rings is 2. The number of methoxy groups -OCH3 is 1. The van der Waals surface area contributed by atoms with E-state index in [0.29, 0.717) is 13.2 Å². The maximum atomic E-state index is 11.5. The minimum Gasteiger partial charge on any atom is -0.488 e. The molecule has 0 spiro atoms. The van der Waals surface area contributed by atoms with Gasteiger partial charge < -0.3 is 19.5 Å². The van der Waals surface area contributed by atoms with Crippen LogP contribution in [0.3, 0.4) is 0 Å². The Balaban J connectivity index is 0.000000858. The van der Waals surface area contributed by atoms with Crippen LogP contribution in [0.4, 0.5) is 0 Å². The van der Waals surface area contributed by atoms with E-state index in [1.807, 2.05) is 12.1 Å². The van der Waals surface area contributed by atoms with Gasteiger partial charge in [-0.1, -0.05) is 48.0 Å². The first kappa shape index (κ1) is 23.0. The molecule has 5 nitrogen and oxygen atoms in total. The van der Waals surface area contributed by atoms with Gasteiger partial charge in [0.2, 0.25) is 0 Å². The van der Waals surface area contributed by atoms with Gasteiger partial charge in [-0.05, 0) is 49.5 Å². The highest BCUT2D eigenvalue weighted by Crippen LogP contribution is 2.41. The summed E-state index contributed by atoms with van der Waals surface area (Å²) in [5.41, 5.74) is 5.68. The van der Waals surface area contributed by atoms with Crippen molar-refractivity contribution >= 4 is 11.5 Å². The smallest absolute Gasteiger partial charge is 0.310 e. The number of carboxylic acid groups (broad SMARTS) is 1. The maximum absolute atomic E-state index is 11.5. The maximum Gasteiger partial charge on any atom is 0.310 e. The number of carbonyl (C=O) groups is 1. The topological polar surface area (TPSA) is 59.0 Å². The molecule has 0 atom stereocenters. The van der Waals surface area contributed by atoms with Crippen LogP contribution in [-0.4, -0.2) is 49.8 Å². The average molecular weight is 424 g/mol. The predicted molar refractivity (Wildman–Crippen MR) is 123 cm³/mol. The number of nitrogens with zero attached hydrogens (tertiary/aromatic N) is 1. The zero-order valence-corrected chi connectivity index (χ0v) is 19.0. The molecule has 1 saturated heterocycles. The van der Waals surface area contributed by atoms with E-state index in [4.69, 9.17) is 4.74 Å². The van der Waals surface area contributed by atoms with Crippen molar-refractivity contribution in [3.05, 3.63) is 70.8 Å². The van der Waals surface area contributed by atoms with Crippen molar-refractivity contribution in [3.63, 3.8) is 0 Å². The Morgan fingerprint density at radius 2 is 1.61 bits per heavy atom. The summed E-state index contributed by atoms with van der Waals surface area (Å²) < 4.78 is 10.3. The minimum atomic E-state index is -0.736. The van der Waals surface area contributed by atoms with Gasteiger partial charge in [0.25, 0.3) is 0 Å². The van der Waals surface area contributed by atoms with E-state index in [0.717, 1.165) is 31.7 Å². The summed E-state index contributed by atoms with van der Waals surface area (Å²) in [6, 6.07) is 16.8. The lowest BCUT2D eigenvalue weighted by Crippen LogP contribution is -2.42. The normalized spacial score (nSPS) is 16.3. The van der Waals surface area contributed by atoms with Crippen molar-refractivity contribution in [1.82, 2.24) is 4.90 Å². The number of likely N-dealkylation sites (tertiary alicyclic amines) is 1. The fourth-order valence-corrected chi connectivity index (χ4v) is 4.23. The molecule has 166 valence electrons. The molecule has 2 heterocycles. The van der Waals surface area contributed by atoms with Crippen molar-refractivity contribution in [3.8, 4) is 5.75 Å². The number of piperidine rings is 1. The van der Waals surface area contributed by atoms with E-state index in [1.54, 1.807) is 28.1 Å². The standard InChI is InChI=1S/C24H27NO3.C2H6O/c1-24(2,23(26)27)16-25-13-11-17(12-14-25)22-19-8-4-3-7-18(19)15-28-21-10-6-5-9-20(21)22;1-3-2/h3-10H,11-16H2,1-2H3,(H,26,27);1-2H3. The second-order valence-corrected chi connectivity index (χ2v) is 8.79. The van der Waals surface area contributed by atoms with Crippen molar-refractivity contribution in [1.29, 1.82) is 0 Å². The van der Waals surface area contributed by atoms with Crippen LogP contribution >= 0.6 is 0 Å². The molecular formula is C26H33NO4. The molecule has 0 radical (unpaired) electrons. The summed E-state index contributed by atoms with van der Waals surface area (Å²) in [5, 5.41) is 9.43. The number of hydrogen-bond acceptors (Lipinski definition) is 4. The minimum absolute atomic E-state index is 0.585. The lowest BCUT2D eigenvalue weighted by molar-refractivity contribution is -0.148. The third-order valence-electron chi connectivity index (χ3n) is 5.84. The summed E-state index contributed by atoms with van der Waals surface area (Å²) >= 11 is 0. The summed E-state index contributed by atoms with van der Waals surface area (Å²) in [6.07, 6.45) is 1.90. The Bertz CT molecular complexity index is 888. The second-order valence-electron chi connectivity index (χ2n) is 8.79. The molecule has 0 amide bonds. The molecule has 4 rings (SSSR count). The van der Waals surface area contributed by atoms with Crippen LogP contribution in [0.5, 0.6) is 5.75 Å². The molecule has 0 unspecified atom stereocenters. The summed E-state index contributed by atoms with van der Waals surface area (Å²) in [6.45, 7) is 6.56. The molecule has 0 aromatic heterocycles. The molecule has 0 aliphatic carbocycles. The summed E-state index contributed by atoms with van der Waals surface area (Å²) in [4.78, 5) is 13.8. The van der Waals surface area contributed by atoms with Gasteiger partial charge in [-0.15, -0.1) is 0 Å². The predicted octanol–water partition coefficient (Wildman–Crippen LogP) is 4.85. The zero-order chi connectivity index (χ0) is 22.4. The highest BCUT2D eigenvalue weighted by atomic mass is 16.5. The monoisotopic (exact) mass is 423 g/mol. The highest BCUT2D eigenvalue weighted by Gasteiger charge is 2.31. The number of rotatable bonds is 3. The van der Waals surface area contributed by atoms with Crippen molar-refractivity contribution in [2.24, 2.45) is 5.41 Å². The third kappa shape index (κ3) is 5.35. The van der Waals surface area contributed by atoms with E-state index >= 15 is 0 Å². The van der Waals surface area contributed by atoms with E-state index in [1.165, 1.54) is 27.8 Å². The van der Waals surface area contributed by atoms with Crippen LogP contribution in [0, 0.1) is 5.41 Å². The first-order chi connectivity index (χ1) is 14.9. The molecule has 2 aromatic rings. The molecule has 31 heavy (non-hydrogen) atoms. The number of fused-ring (bicyclic) bond motifs is 2. The number of hydrogen-bond donors (Lipinski definition) is 1. The number of aliphatic carboxylic acids is 1. The largest absolute Gasteiger partial charge is 0.488 e. The van der Waals surface area contributed by atoms with E-state index in [2.05, 4.69) is 46.0 Å². The van der Waals surface area contributed by atoms with Gasteiger partial charge in [0.15, 0.2) is 0 Å². The molecule has 0 saturated carbocycles. The molecule has 1 fully saturated rings. The van der Waals surface area contributed by atoms with Crippen LogP contribution in [0.15, 0.2) is 54.1 Å². The fraction of sp³-hybridized carbons (Fsp3) is 0.423. The number of para-hydroxylation sites is 1. The van der Waals surface area contributed by atoms with E-state index < -0.39 is 11.4 Å². The first-order valence-electron chi connectivity index (χ1n) is 10.8. The van der Waals surface area contributed by atoms with Gasteiger partial charge in [-0.25, -0.2) is 0 Å². The SMILES string of the molecule is CC(C)(CN1CCC(=C2c3ccccc3COc3ccccc32)CC1)C(=O)O.COC. The lowest BCUT2D eigenvalue weighted by Gasteiger charge is -2.34. The van der Waals surface area contributed by atoms with Gasteiger partial charge in [0, 0.05) is 39.4 Å². The van der Waals surface area contributed by atoms with Crippen LogP contribution < -0.4 is 4.74 Å². The quantitative estimate of drug-likeness (QED) is 0.765. The summed E-state index contributed by atoms with van der Waals surface area (Å²) in [5.74, 6) is 0.205. The Labute approximate surface area is 185 Å². The van der Waals surface area contributed by atoms with Gasteiger partial charge >= 0.3 is 5.97 Å². The van der Waals surface area contributed by atoms with E-state index in [9.17, 15) is 9.90 Å². The van der Waals surface area contributed by atoms with Gasteiger partial charge in [0.1, 0.15) is 12.4 Å². The first-order valence-corrected chi connectivity index (χ1v) is 10.8. The molecule has 2 aliphatic rings. The van der Waals surface area contributed by atoms with Crippen molar-refractivity contribution in [2.45, 2.75) is 33.3 Å². The highest BCUT2D eigenvalue weighted by molar-refractivity contribution is 5.87. The Morgan fingerprint density at radius 1 is 1.03 bits per heavy atom. The molecular weight excluding hydrogens is 390 g/mol. The molecule has 1 N–H and O–H groups in total. The average Bonchev–Trinajstić information content (AvgIpc) is 2.92. The van der Waals surface area contributed by atoms with Gasteiger partial charge in [-0.3, -0.25) is 4.79 Å². The van der Waals surface area contributed by atoms with Crippen LogP contribution in [-0.2, 0) is 16.1 Å². The van der Waals surface area contributed by atoms with Crippen LogP contribution in [0.1, 0.15) is 43.4 Å². The molecule has 2 aromatic carbocycles.